The van der Waals surface area contributed by atoms with Crippen LogP contribution in [0.1, 0.15) is 51.8 Å². The van der Waals surface area contributed by atoms with E-state index in [0.29, 0.717) is 0 Å². The van der Waals surface area contributed by atoms with Gasteiger partial charge < -0.3 is 5.11 Å². The molecular formula is C35H38N4O+2. The summed E-state index contributed by atoms with van der Waals surface area (Å²) in [4.78, 5) is 8.19. The van der Waals surface area contributed by atoms with Crippen molar-refractivity contribution in [2.45, 2.75) is 58.2 Å². The lowest BCUT2D eigenvalue weighted by atomic mass is 10.0. The fourth-order valence-corrected chi connectivity index (χ4v) is 5.15. The van der Waals surface area contributed by atoms with E-state index in [1.54, 1.807) is 0 Å². The maximum atomic E-state index is 9.90. The number of aromatic nitrogens is 4. The number of pyridine rings is 4. The Kier molecular flexibility index (Phi) is 9.74. The molecule has 1 N–H and O–H groups in total. The van der Waals surface area contributed by atoms with Gasteiger partial charge in [-0.3, -0.25) is 9.97 Å². The average Bonchev–Trinajstić information content (AvgIpc) is 3.00. The van der Waals surface area contributed by atoms with Gasteiger partial charge in [-0.2, -0.15) is 0 Å². The Morgan fingerprint density at radius 1 is 0.450 bits per heavy atom. The van der Waals surface area contributed by atoms with Crippen molar-refractivity contribution in [1.82, 2.24) is 9.97 Å². The van der Waals surface area contributed by atoms with Gasteiger partial charge in [0.15, 0.2) is 37.9 Å². The van der Waals surface area contributed by atoms with Crippen molar-refractivity contribution < 1.29 is 14.2 Å². The molecule has 0 bridgehead atoms. The molecule has 0 saturated carbocycles. The van der Waals surface area contributed by atoms with Crippen molar-refractivity contribution in [3.63, 3.8) is 0 Å². The van der Waals surface area contributed by atoms with Crippen LogP contribution >= 0.6 is 0 Å². The van der Waals surface area contributed by atoms with E-state index in [0.717, 1.165) is 57.2 Å². The van der Waals surface area contributed by atoms with Gasteiger partial charge in [-0.05, 0) is 109 Å². The van der Waals surface area contributed by atoms with Crippen LogP contribution in [0.25, 0.3) is 0 Å². The van der Waals surface area contributed by atoms with Gasteiger partial charge in [0.25, 0.3) is 0 Å². The van der Waals surface area contributed by atoms with E-state index in [1.807, 2.05) is 24.8 Å². The Morgan fingerprint density at radius 3 is 1.18 bits per heavy atom. The number of aliphatic hydroxyl groups is 1. The molecule has 5 aromatic rings. The minimum absolute atomic E-state index is 0.0446. The number of benzene rings is 1. The molecule has 0 saturated heterocycles. The first kappa shape index (κ1) is 27.4. The van der Waals surface area contributed by atoms with Crippen LogP contribution in [0.15, 0.2) is 116 Å². The Labute approximate surface area is 237 Å². The first-order valence-electron chi connectivity index (χ1n) is 14.2. The Bertz CT molecular complexity index is 1340. The predicted octanol–water partition coefficient (Wildman–Crippen LogP) is 4.99. The van der Waals surface area contributed by atoms with Crippen LogP contribution in [0, 0.1) is 0 Å². The van der Waals surface area contributed by atoms with Gasteiger partial charge in [0.1, 0.15) is 0 Å². The summed E-state index contributed by atoms with van der Waals surface area (Å²) in [5, 5.41) is 9.90. The molecule has 0 radical (unpaired) electrons. The molecule has 40 heavy (non-hydrogen) atoms. The molecule has 5 heteroatoms. The summed E-state index contributed by atoms with van der Waals surface area (Å²) in [7, 11) is 0. The Hall–Kier alpha value is -4.22. The third-order valence-electron chi connectivity index (χ3n) is 7.31. The van der Waals surface area contributed by atoms with E-state index in [2.05, 4.69) is 111 Å². The normalized spacial score (nSPS) is 11.0. The van der Waals surface area contributed by atoms with Gasteiger partial charge in [-0.15, -0.1) is 0 Å². The monoisotopic (exact) mass is 530 g/mol. The minimum Gasteiger partial charge on any atom is -0.392 e. The number of hydrogen-bond donors (Lipinski definition) is 1. The third kappa shape index (κ3) is 8.39. The van der Waals surface area contributed by atoms with Crippen LogP contribution in [0.4, 0.5) is 0 Å². The SMILES string of the molecule is OCc1cc(C[n+]2ccc(CCCc3ccncc3)cc2)cc(C[n+]2ccc(CCCc3ccncc3)cc2)c1. The zero-order chi connectivity index (χ0) is 27.4. The molecule has 0 unspecified atom stereocenters. The van der Waals surface area contributed by atoms with Gasteiger partial charge in [0, 0.05) is 60.2 Å². The second kappa shape index (κ2) is 14.2. The van der Waals surface area contributed by atoms with Crippen molar-refractivity contribution in [3.8, 4) is 0 Å². The molecule has 1 aromatic carbocycles. The van der Waals surface area contributed by atoms with Gasteiger partial charge in [0.05, 0.1) is 6.61 Å². The van der Waals surface area contributed by atoms with Gasteiger partial charge in [-0.1, -0.05) is 0 Å². The molecule has 0 spiro atoms. The van der Waals surface area contributed by atoms with Crippen LogP contribution in [-0.2, 0) is 45.4 Å². The molecule has 0 amide bonds. The second-order valence-corrected chi connectivity index (χ2v) is 10.5. The van der Waals surface area contributed by atoms with E-state index in [-0.39, 0.29) is 6.61 Å². The summed E-state index contributed by atoms with van der Waals surface area (Å²) in [5.74, 6) is 0. The lowest BCUT2D eigenvalue weighted by Crippen LogP contribution is -2.34. The summed E-state index contributed by atoms with van der Waals surface area (Å²) in [6, 6.07) is 23.7. The van der Waals surface area contributed by atoms with Crippen molar-refractivity contribution in [1.29, 1.82) is 0 Å². The topological polar surface area (TPSA) is 53.8 Å². The van der Waals surface area contributed by atoms with E-state index >= 15 is 0 Å². The number of aliphatic hydroxyl groups excluding tert-OH is 1. The molecular weight excluding hydrogens is 492 g/mol. The van der Waals surface area contributed by atoms with Crippen molar-refractivity contribution in [2.75, 3.05) is 0 Å². The van der Waals surface area contributed by atoms with Gasteiger partial charge in [0.2, 0.25) is 0 Å². The molecule has 0 aliphatic rings. The van der Waals surface area contributed by atoms with Gasteiger partial charge in [-0.25, -0.2) is 9.13 Å². The highest BCUT2D eigenvalue weighted by molar-refractivity contribution is 5.29. The van der Waals surface area contributed by atoms with E-state index in [9.17, 15) is 5.11 Å². The van der Waals surface area contributed by atoms with E-state index in [1.165, 1.54) is 33.4 Å². The van der Waals surface area contributed by atoms with Crippen LogP contribution in [0.2, 0.25) is 0 Å². The van der Waals surface area contributed by atoms with E-state index < -0.39 is 0 Å². The minimum atomic E-state index is 0.0446. The molecule has 202 valence electrons. The lowest BCUT2D eigenvalue weighted by Gasteiger charge is -2.07. The van der Waals surface area contributed by atoms with Crippen LogP contribution in [0.3, 0.4) is 0 Å². The highest BCUT2D eigenvalue weighted by Gasteiger charge is 2.10. The first-order chi connectivity index (χ1) is 19.7. The Morgan fingerprint density at radius 2 is 0.800 bits per heavy atom. The molecule has 4 aromatic heterocycles. The van der Waals surface area contributed by atoms with Crippen molar-refractivity contribution >= 4 is 0 Å². The zero-order valence-electron chi connectivity index (χ0n) is 23.1. The summed E-state index contributed by atoms with van der Waals surface area (Å²) < 4.78 is 4.42. The van der Waals surface area contributed by atoms with Crippen molar-refractivity contribution in [3.05, 3.63) is 155 Å². The number of aryl methyl sites for hydroxylation is 4. The van der Waals surface area contributed by atoms with Crippen LogP contribution in [-0.4, -0.2) is 15.1 Å². The quantitative estimate of drug-likeness (QED) is 0.218. The first-order valence-corrected chi connectivity index (χ1v) is 14.2. The van der Waals surface area contributed by atoms with Gasteiger partial charge >= 0.3 is 0 Å². The average molecular weight is 531 g/mol. The predicted molar refractivity (Wildman–Crippen MR) is 156 cm³/mol. The molecule has 5 rings (SSSR count). The lowest BCUT2D eigenvalue weighted by molar-refractivity contribution is -0.689. The Balaban J connectivity index is 1.15. The largest absolute Gasteiger partial charge is 0.392 e. The van der Waals surface area contributed by atoms with E-state index in [4.69, 9.17) is 0 Å². The smallest absolute Gasteiger partial charge is 0.173 e. The van der Waals surface area contributed by atoms with Crippen molar-refractivity contribution in [2.24, 2.45) is 0 Å². The molecule has 0 aliphatic heterocycles. The number of nitrogens with zero attached hydrogens (tertiary/aromatic N) is 4. The summed E-state index contributed by atoms with van der Waals surface area (Å²) >= 11 is 0. The number of hydrogen-bond acceptors (Lipinski definition) is 3. The zero-order valence-corrected chi connectivity index (χ0v) is 23.1. The van der Waals surface area contributed by atoms with Crippen LogP contribution in [0.5, 0.6) is 0 Å². The highest BCUT2D eigenvalue weighted by Crippen LogP contribution is 2.12. The highest BCUT2D eigenvalue weighted by atomic mass is 16.3. The molecule has 4 heterocycles. The fourth-order valence-electron chi connectivity index (χ4n) is 5.15. The number of rotatable bonds is 13. The standard InChI is InChI=1S/C35H38N4O/c40-28-35-24-33(26-38-19-11-31(12-20-38)5-1-3-29-7-15-36-16-8-29)23-34(25-35)27-39-21-13-32(14-22-39)6-2-4-30-9-17-37-18-10-30/h7-25,40H,1-6,26-28H2/q+2. The molecule has 0 atom stereocenters. The maximum Gasteiger partial charge on any atom is 0.173 e. The second-order valence-electron chi connectivity index (χ2n) is 10.5. The van der Waals surface area contributed by atoms with Crippen LogP contribution < -0.4 is 9.13 Å². The molecule has 5 nitrogen and oxygen atoms in total. The summed E-state index contributed by atoms with van der Waals surface area (Å²) in [6.45, 7) is 1.60. The fraction of sp³-hybridized carbons (Fsp3) is 0.257. The molecule has 0 aliphatic carbocycles. The third-order valence-corrected chi connectivity index (χ3v) is 7.31. The summed E-state index contributed by atoms with van der Waals surface area (Å²) in [5.41, 5.74) is 8.74. The molecule has 0 fully saturated rings. The maximum absolute atomic E-state index is 9.90. The summed E-state index contributed by atoms with van der Waals surface area (Å²) in [6.07, 6.45) is 22.6.